The van der Waals surface area contributed by atoms with Crippen LogP contribution < -0.4 is 4.74 Å². The van der Waals surface area contributed by atoms with Gasteiger partial charge in [-0.05, 0) is 24.8 Å². The van der Waals surface area contributed by atoms with Gasteiger partial charge in [-0.15, -0.1) is 0 Å². The predicted octanol–water partition coefficient (Wildman–Crippen LogP) is 1.88. The van der Waals surface area contributed by atoms with Crippen LogP contribution in [0.2, 0.25) is 0 Å². The predicted molar refractivity (Wildman–Crippen MR) is 42.3 cm³/mol. The third-order valence-corrected chi connectivity index (χ3v) is 1.88. The van der Waals surface area contributed by atoms with Gasteiger partial charge in [0.2, 0.25) is 0 Å². The molecule has 1 aromatic rings. The minimum Gasteiger partial charge on any atom is -0.465 e. The minimum atomic E-state index is 0.320. The van der Waals surface area contributed by atoms with Gasteiger partial charge in [0.15, 0.2) is 12.0 Å². The van der Waals surface area contributed by atoms with Crippen LogP contribution in [-0.2, 0) is 0 Å². The number of carbonyl (C=O) groups excluding carboxylic acids is 1. The van der Waals surface area contributed by atoms with Crippen molar-refractivity contribution in [2.75, 3.05) is 6.61 Å². The Bertz CT molecular complexity index is 273. The fourth-order valence-corrected chi connectivity index (χ4v) is 0.960. The van der Waals surface area contributed by atoms with Crippen molar-refractivity contribution < 1.29 is 13.9 Å². The summed E-state index contributed by atoms with van der Waals surface area (Å²) in [6.07, 6.45) is 3.17. The van der Waals surface area contributed by atoms with Crippen LogP contribution in [0.3, 0.4) is 0 Å². The number of carbonyl (C=O) groups is 1. The highest BCUT2D eigenvalue weighted by Gasteiger charge is 2.22. The van der Waals surface area contributed by atoms with Crippen molar-refractivity contribution in [1.29, 1.82) is 0 Å². The van der Waals surface area contributed by atoms with E-state index in [0.29, 0.717) is 30.5 Å². The molecule has 0 spiro atoms. The maximum atomic E-state index is 10.2. The van der Waals surface area contributed by atoms with Crippen molar-refractivity contribution in [2.24, 2.45) is 5.92 Å². The van der Waals surface area contributed by atoms with Crippen LogP contribution in [0.1, 0.15) is 23.4 Å². The maximum absolute atomic E-state index is 10.2. The molecule has 0 amide bonds. The van der Waals surface area contributed by atoms with Gasteiger partial charge < -0.3 is 9.15 Å². The van der Waals surface area contributed by atoms with Gasteiger partial charge >= 0.3 is 0 Å². The monoisotopic (exact) mass is 166 g/mol. The first-order valence-electron chi connectivity index (χ1n) is 4.06. The van der Waals surface area contributed by atoms with Gasteiger partial charge in [0, 0.05) is 6.07 Å². The van der Waals surface area contributed by atoms with Crippen LogP contribution in [0.4, 0.5) is 0 Å². The van der Waals surface area contributed by atoms with Crippen LogP contribution >= 0.6 is 0 Å². The molecule has 0 radical (unpaired) electrons. The third kappa shape index (κ3) is 1.67. The van der Waals surface area contributed by atoms with Gasteiger partial charge in [0.05, 0.1) is 6.61 Å². The van der Waals surface area contributed by atoms with Gasteiger partial charge in [-0.1, -0.05) is 0 Å². The quantitative estimate of drug-likeness (QED) is 0.641. The van der Waals surface area contributed by atoms with E-state index >= 15 is 0 Å². The van der Waals surface area contributed by atoms with E-state index in [9.17, 15) is 4.79 Å². The summed E-state index contributed by atoms with van der Waals surface area (Å²) in [5.74, 6) is 1.47. The highest BCUT2D eigenvalue weighted by Crippen LogP contribution is 2.29. The van der Waals surface area contributed by atoms with E-state index in [1.807, 2.05) is 0 Å². The zero-order valence-corrected chi connectivity index (χ0v) is 6.66. The molecule has 3 nitrogen and oxygen atoms in total. The molecular formula is C9H10O3. The second-order valence-corrected chi connectivity index (χ2v) is 3.03. The first kappa shape index (κ1) is 7.40. The molecule has 1 aromatic heterocycles. The molecule has 12 heavy (non-hydrogen) atoms. The van der Waals surface area contributed by atoms with E-state index in [4.69, 9.17) is 9.15 Å². The Morgan fingerprint density at radius 2 is 2.42 bits per heavy atom. The van der Waals surface area contributed by atoms with E-state index in [0.717, 1.165) is 0 Å². The molecule has 0 unspecified atom stereocenters. The van der Waals surface area contributed by atoms with Gasteiger partial charge in [-0.3, -0.25) is 4.79 Å². The minimum absolute atomic E-state index is 0.320. The van der Waals surface area contributed by atoms with Crippen LogP contribution in [0, 0.1) is 5.92 Å². The van der Waals surface area contributed by atoms with Gasteiger partial charge in [0.1, 0.15) is 0 Å². The van der Waals surface area contributed by atoms with Crippen molar-refractivity contribution in [1.82, 2.24) is 0 Å². The lowest BCUT2D eigenvalue weighted by Crippen LogP contribution is -1.97. The summed E-state index contributed by atoms with van der Waals surface area (Å²) in [4.78, 5) is 10.2. The summed E-state index contributed by atoms with van der Waals surface area (Å²) in [7, 11) is 0. The molecule has 1 fully saturated rings. The zero-order chi connectivity index (χ0) is 8.39. The highest BCUT2D eigenvalue weighted by molar-refractivity contribution is 5.70. The number of hydrogen-bond donors (Lipinski definition) is 0. The third-order valence-electron chi connectivity index (χ3n) is 1.88. The van der Waals surface area contributed by atoms with Gasteiger partial charge in [-0.25, -0.2) is 0 Å². The fourth-order valence-electron chi connectivity index (χ4n) is 0.960. The van der Waals surface area contributed by atoms with Crippen molar-refractivity contribution in [3.8, 4) is 5.95 Å². The number of rotatable bonds is 4. The first-order valence-corrected chi connectivity index (χ1v) is 4.06. The lowest BCUT2D eigenvalue weighted by atomic mass is 10.5. The second-order valence-electron chi connectivity index (χ2n) is 3.03. The Labute approximate surface area is 70.3 Å². The molecule has 0 atom stereocenters. The molecule has 1 heterocycles. The Balaban J connectivity index is 1.88. The number of furan rings is 1. The summed E-state index contributed by atoms with van der Waals surface area (Å²) in [6.45, 7) is 0.714. The molecule has 0 aliphatic heterocycles. The molecule has 0 saturated heterocycles. The van der Waals surface area contributed by atoms with E-state index in [1.165, 1.54) is 12.8 Å². The average Bonchev–Trinajstić information content (AvgIpc) is 2.81. The summed E-state index contributed by atoms with van der Waals surface area (Å²) in [5.41, 5.74) is 0. The van der Waals surface area contributed by atoms with Crippen molar-refractivity contribution in [3.05, 3.63) is 17.9 Å². The number of aldehydes is 1. The first-order chi connectivity index (χ1) is 5.88. The van der Waals surface area contributed by atoms with Gasteiger partial charge in [0.25, 0.3) is 5.95 Å². The van der Waals surface area contributed by atoms with Crippen LogP contribution in [-0.4, -0.2) is 12.9 Å². The lowest BCUT2D eigenvalue weighted by Gasteiger charge is -1.98. The molecule has 0 bridgehead atoms. The standard InChI is InChI=1S/C9H10O3/c10-5-8-3-4-9(12-8)11-6-7-1-2-7/h3-5,7H,1-2,6H2. The van der Waals surface area contributed by atoms with E-state index in [-0.39, 0.29) is 0 Å². The van der Waals surface area contributed by atoms with Crippen LogP contribution in [0.25, 0.3) is 0 Å². The van der Waals surface area contributed by atoms with Crippen molar-refractivity contribution in [3.63, 3.8) is 0 Å². The molecule has 0 N–H and O–H groups in total. The zero-order valence-electron chi connectivity index (χ0n) is 6.66. The van der Waals surface area contributed by atoms with Crippen LogP contribution in [0.5, 0.6) is 5.95 Å². The highest BCUT2D eigenvalue weighted by atomic mass is 16.6. The summed E-state index contributed by atoms with van der Waals surface area (Å²) >= 11 is 0. The molecule has 1 aliphatic rings. The lowest BCUT2D eigenvalue weighted by molar-refractivity contribution is 0.109. The topological polar surface area (TPSA) is 39.4 Å². The Kier molecular flexibility index (Phi) is 1.86. The molecule has 3 heteroatoms. The number of hydrogen-bond acceptors (Lipinski definition) is 3. The van der Waals surface area contributed by atoms with Crippen molar-refractivity contribution in [2.45, 2.75) is 12.8 Å². The maximum Gasteiger partial charge on any atom is 0.284 e. The van der Waals surface area contributed by atoms with Gasteiger partial charge in [-0.2, -0.15) is 0 Å². The fraction of sp³-hybridized carbons (Fsp3) is 0.444. The van der Waals surface area contributed by atoms with Crippen LogP contribution in [0.15, 0.2) is 16.5 Å². The Hall–Kier alpha value is -1.25. The molecule has 1 aliphatic carbocycles. The Morgan fingerprint density at radius 3 is 3.00 bits per heavy atom. The van der Waals surface area contributed by atoms with E-state index in [1.54, 1.807) is 12.1 Å². The normalized spacial score (nSPS) is 16.0. The second kappa shape index (κ2) is 3.01. The largest absolute Gasteiger partial charge is 0.465 e. The molecule has 1 saturated carbocycles. The van der Waals surface area contributed by atoms with E-state index < -0.39 is 0 Å². The van der Waals surface area contributed by atoms with E-state index in [2.05, 4.69) is 0 Å². The average molecular weight is 166 g/mol. The molecular weight excluding hydrogens is 156 g/mol. The van der Waals surface area contributed by atoms with Crippen molar-refractivity contribution >= 4 is 6.29 Å². The summed E-state index contributed by atoms with van der Waals surface area (Å²) in [5, 5.41) is 0. The molecule has 64 valence electrons. The smallest absolute Gasteiger partial charge is 0.284 e. The Morgan fingerprint density at radius 1 is 1.58 bits per heavy atom. The summed E-state index contributed by atoms with van der Waals surface area (Å²) in [6, 6.07) is 3.28. The number of ether oxygens (including phenoxy) is 1. The SMILES string of the molecule is O=Cc1ccc(OCC2CC2)o1. The summed E-state index contributed by atoms with van der Waals surface area (Å²) < 4.78 is 10.3. The molecule has 2 rings (SSSR count). The molecule has 0 aromatic carbocycles.